The molecule has 0 saturated heterocycles. The van der Waals surface area contributed by atoms with Gasteiger partial charge in [-0.05, 0) is 56.5 Å². The molecular formula is C26H32ClN3O6S. The Hall–Kier alpha value is -2.98. The van der Waals surface area contributed by atoms with Crippen molar-refractivity contribution in [3.05, 3.63) is 53.1 Å². The highest BCUT2D eigenvalue weighted by molar-refractivity contribution is 7.92. The third-order valence-corrected chi connectivity index (χ3v) is 8.71. The molecule has 1 aliphatic carbocycles. The van der Waals surface area contributed by atoms with Gasteiger partial charge in [0.05, 0.1) is 11.4 Å². The number of rotatable bonds is 10. The minimum absolute atomic E-state index is 0.0410. The number of carbonyl (C=O) groups excluding carboxylic acids is 2. The number of anilines is 1. The molecule has 2 aromatic carbocycles. The lowest BCUT2D eigenvalue weighted by atomic mass is 10.1. The van der Waals surface area contributed by atoms with Crippen LogP contribution >= 0.6 is 11.6 Å². The van der Waals surface area contributed by atoms with E-state index in [1.807, 2.05) is 6.07 Å². The van der Waals surface area contributed by atoms with Crippen molar-refractivity contribution < 1.29 is 27.5 Å². The summed E-state index contributed by atoms with van der Waals surface area (Å²) >= 11 is 6.16. The van der Waals surface area contributed by atoms with Gasteiger partial charge in [-0.2, -0.15) is 0 Å². The van der Waals surface area contributed by atoms with E-state index in [1.165, 1.54) is 11.8 Å². The van der Waals surface area contributed by atoms with Crippen LogP contribution in [0.1, 0.15) is 45.1 Å². The Balaban J connectivity index is 1.62. The SMILES string of the molecule is CCS(=O)(=O)N(CC(=O)N(Cc1cccc(Cl)c1)[C@H](C)C(=O)NC1CCCC1)c1ccc2c(c1)OCO2. The van der Waals surface area contributed by atoms with Crippen LogP contribution in [0.4, 0.5) is 5.69 Å². The Morgan fingerprint density at radius 1 is 1.11 bits per heavy atom. The molecule has 0 aromatic heterocycles. The number of benzene rings is 2. The normalized spacial score (nSPS) is 15.9. The summed E-state index contributed by atoms with van der Waals surface area (Å²) in [7, 11) is -3.84. The highest BCUT2D eigenvalue weighted by Gasteiger charge is 2.32. The minimum Gasteiger partial charge on any atom is -0.454 e. The van der Waals surface area contributed by atoms with Crippen molar-refractivity contribution in [2.75, 3.05) is 23.4 Å². The van der Waals surface area contributed by atoms with Gasteiger partial charge in [-0.1, -0.05) is 36.6 Å². The summed E-state index contributed by atoms with van der Waals surface area (Å²) in [6, 6.07) is 11.0. The number of fused-ring (bicyclic) bond motifs is 1. The zero-order valence-corrected chi connectivity index (χ0v) is 22.6. The summed E-state index contributed by atoms with van der Waals surface area (Å²) in [4.78, 5) is 28.3. The van der Waals surface area contributed by atoms with Crippen LogP contribution in [-0.4, -0.2) is 56.3 Å². The van der Waals surface area contributed by atoms with Gasteiger partial charge in [0.2, 0.25) is 28.6 Å². The first-order valence-corrected chi connectivity index (χ1v) is 14.4. The van der Waals surface area contributed by atoms with Gasteiger partial charge in [0.25, 0.3) is 0 Å². The lowest BCUT2D eigenvalue weighted by Gasteiger charge is -2.32. The highest BCUT2D eigenvalue weighted by atomic mass is 35.5. The summed E-state index contributed by atoms with van der Waals surface area (Å²) in [5.74, 6) is -0.0789. The summed E-state index contributed by atoms with van der Waals surface area (Å²) in [5.41, 5.74) is 1.01. The second-order valence-corrected chi connectivity index (χ2v) is 11.9. The molecule has 2 aliphatic rings. The maximum absolute atomic E-state index is 13.7. The molecule has 11 heteroatoms. The highest BCUT2D eigenvalue weighted by Crippen LogP contribution is 2.36. The molecule has 1 aliphatic heterocycles. The molecule has 2 amide bonds. The number of amides is 2. The number of hydrogen-bond donors (Lipinski definition) is 1. The molecule has 1 fully saturated rings. The number of halogens is 1. The molecule has 1 atom stereocenters. The molecule has 1 N–H and O–H groups in total. The average molecular weight is 550 g/mol. The minimum atomic E-state index is -3.84. The smallest absolute Gasteiger partial charge is 0.244 e. The summed E-state index contributed by atoms with van der Waals surface area (Å²) in [5, 5.41) is 3.55. The molecule has 9 nitrogen and oxygen atoms in total. The van der Waals surface area contributed by atoms with Crippen molar-refractivity contribution in [2.24, 2.45) is 0 Å². The van der Waals surface area contributed by atoms with Crippen LogP contribution in [0.15, 0.2) is 42.5 Å². The summed E-state index contributed by atoms with van der Waals surface area (Å²) < 4.78 is 38.0. The number of sulfonamides is 1. The number of nitrogens with zero attached hydrogens (tertiary/aromatic N) is 2. The van der Waals surface area contributed by atoms with E-state index in [4.69, 9.17) is 21.1 Å². The van der Waals surface area contributed by atoms with Gasteiger partial charge >= 0.3 is 0 Å². The Labute approximate surface area is 222 Å². The van der Waals surface area contributed by atoms with Crippen LogP contribution in [0.25, 0.3) is 0 Å². The third-order valence-electron chi connectivity index (χ3n) is 6.73. The Bertz CT molecular complexity index is 1250. The van der Waals surface area contributed by atoms with Gasteiger partial charge in [0.15, 0.2) is 11.5 Å². The van der Waals surface area contributed by atoms with Crippen molar-refractivity contribution in [3.8, 4) is 11.5 Å². The zero-order valence-electron chi connectivity index (χ0n) is 21.0. The maximum Gasteiger partial charge on any atom is 0.244 e. The molecule has 2 aromatic rings. The number of nitrogens with one attached hydrogen (secondary N) is 1. The number of ether oxygens (including phenoxy) is 2. The monoisotopic (exact) mass is 549 g/mol. The predicted octanol–water partition coefficient (Wildman–Crippen LogP) is 3.70. The van der Waals surface area contributed by atoms with Gasteiger partial charge in [0.1, 0.15) is 12.6 Å². The number of hydrogen-bond acceptors (Lipinski definition) is 6. The quantitative estimate of drug-likeness (QED) is 0.484. The second-order valence-electron chi connectivity index (χ2n) is 9.26. The third kappa shape index (κ3) is 6.48. The molecule has 0 radical (unpaired) electrons. The van der Waals surface area contributed by atoms with E-state index in [-0.39, 0.29) is 36.7 Å². The van der Waals surface area contributed by atoms with Crippen LogP contribution in [0.3, 0.4) is 0 Å². The van der Waals surface area contributed by atoms with Crippen LogP contribution in [0.2, 0.25) is 5.02 Å². The lowest BCUT2D eigenvalue weighted by molar-refractivity contribution is -0.139. The fourth-order valence-corrected chi connectivity index (χ4v) is 5.83. The van der Waals surface area contributed by atoms with Crippen LogP contribution < -0.4 is 19.1 Å². The molecule has 0 unspecified atom stereocenters. The topological polar surface area (TPSA) is 105 Å². The molecule has 200 valence electrons. The van der Waals surface area contributed by atoms with E-state index < -0.39 is 28.5 Å². The van der Waals surface area contributed by atoms with Crippen LogP contribution in [0.5, 0.6) is 11.5 Å². The van der Waals surface area contributed by atoms with E-state index in [0.717, 1.165) is 35.6 Å². The molecule has 37 heavy (non-hydrogen) atoms. The average Bonchev–Trinajstić information content (AvgIpc) is 3.56. The fourth-order valence-electron chi connectivity index (χ4n) is 4.57. The van der Waals surface area contributed by atoms with Gasteiger partial charge in [-0.3, -0.25) is 13.9 Å². The zero-order chi connectivity index (χ0) is 26.6. The van der Waals surface area contributed by atoms with Gasteiger partial charge in [0, 0.05) is 23.7 Å². The number of carbonyl (C=O) groups is 2. The second kappa shape index (κ2) is 11.6. The molecule has 1 saturated carbocycles. The summed E-state index contributed by atoms with van der Waals surface area (Å²) in [6.07, 6.45) is 3.94. The van der Waals surface area contributed by atoms with Crippen molar-refractivity contribution in [2.45, 2.75) is 58.2 Å². The van der Waals surface area contributed by atoms with Gasteiger partial charge < -0.3 is 19.7 Å². The van der Waals surface area contributed by atoms with Gasteiger partial charge in [-0.25, -0.2) is 8.42 Å². The molecule has 1 heterocycles. The van der Waals surface area contributed by atoms with Gasteiger partial charge in [-0.15, -0.1) is 0 Å². The predicted molar refractivity (Wildman–Crippen MR) is 141 cm³/mol. The standard InChI is InChI=1S/C26H32ClN3O6S/c1-3-37(33,34)30(22-11-12-23-24(14-22)36-17-35-23)16-25(31)29(15-19-7-6-8-20(27)13-19)18(2)26(32)28-21-9-4-5-10-21/h6-8,11-14,18,21H,3-5,9-10,15-17H2,1-2H3,(H,28,32)/t18-/m1/s1. The lowest BCUT2D eigenvalue weighted by Crippen LogP contribution is -2.52. The van der Waals surface area contributed by atoms with E-state index in [2.05, 4.69) is 5.32 Å². The first kappa shape index (κ1) is 27.1. The first-order valence-electron chi connectivity index (χ1n) is 12.4. The molecule has 4 rings (SSSR count). The van der Waals surface area contributed by atoms with E-state index in [0.29, 0.717) is 16.5 Å². The Kier molecular flexibility index (Phi) is 8.49. The maximum atomic E-state index is 13.7. The van der Waals surface area contributed by atoms with Crippen LogP contribution in [0, 0.1) is 0 Å². The van der Waals surface area contributed by atoms with E-state index >= 15 is 0 Å². The largest absolute Gasteiger partial charge is 0.454 e. The van der Waals surface area contributed by atoms with Crippen molar-refractivity contribution >= 4 is 39.1 Å². The van der Waals surface area contributed by atoms with Crippen molar-refractivity contribution in [1.82, 2.24) is 10.2 Å². The molecule has 0 spiro atoms. The Morgan fingerprint density at radius 2 is 1.84 bits per heavy atom. The van der Waals surface area contributed by atoms with Crippen molar-refractivity contribution in [3.63, 3.8) is 0 Å². The fraction of sp³-hybridized carbons (Fsp3) is 0.462. The van der Waals surface area contributed by atoms with E-state index in [1.54, 1.807) is 43.3 Å². The van der Waals surface area contributed by atoms with Crippen molar-refractivity contribution in [1.29, 1.82) is 0 Å². The Morgan fingerprint density at radius 3 is 2.54 bits per heavy atom. The summed E-state index contributed by atoms with van der Waals surface area (Å²) in [6.45, 7) is 2.84. The van der Waals surface area contributed by atoms with Crippen LogP contribution in [-0.2, 0) is 26.2 Å². The molecular weight excluding hydrogens is 518 g/mol. The molecule has 0 bridgehead atoms. The first-order chi connectivity index (χ1) is 17.7. The van der Waals surface area contributed by atoms with E-state index in [9.17, 15) is 18.0 Å².